The number of benzene rings is 1. The summed E-state index contributed by atoms with van der Waals surface area (Å²) in [5.74, 6) is -0.294. The Hall–Kier alpha value is -0.850. The standard InChI is InChI=1S/C10H12FIN2O/c1-7(15)13-4-5-14-10-3-2-8(11)6-9(10)12/h2-3,6,14H,4-5H2,1H3,(H,13,15). The van der Waals surface area contributed by atoms with Gasteiger partial charge in [0.2, 0.25) is 5.91 Å². The number of halogens is 2. The molecule has 0 aliphatic carbocycles. The molecule has 0 saturated heterocycles. The molecule has 0 heterocycles. The van der Waals surface area contributed by atoms with E-state index in [1.807, 2.05) is 0 Å². The third kappa shape index (κ3) is 4.46. The molecule has 1 rings (SSSR count). The van der Waals surface area contributed by atoms with Gasteiger partial charge in [-0.2, -0.15) is 0 Å². The molecule has 0 aliphatic rings. The molecule has 15 heavy (non-hydrogen) atoms. The first-order valence-corrected chi connectivity index (χ1v) is 5.61. The third-order valence-corrected chi connectivity index (χ3v) is 2.64. The Balaban J connectivity index is 2.40. The van der Waals surface area contributed by atoms with E-state index in [-0.39, 0.29) is 11.7 Å². The molecule has 3 nitrogen and oxygen atoms in total. The summed E-state index contributed by atoms with van der Waals surface area (Å²) >= 11 is 2.06. The smallest absolute Gasteiger partial charge is 0.216 e. The number of carbonyl (C=O) groups is 1. The number of rotatable bonds is 4. The van der Waals surface area contributed by atoms with Gasteiger partial charge >= 0.3 is 0 Å². The molecule has 0 aromatic heterocycles. The van der Waals surface area contributed by atoms with Crippen LogP contribution in [0.5, 0.6) is 0 Å². The lowest BCUT2D eigenvalue weighted by Gasteiger charge is -2.08. The first-order chi connectivity index (χ1) is 7.09. The lowest BCUT2D eigenvalue weighted by molar-refractivity contribution is -0.118. The quantitative estimate of drug-likeness (QED) is 0.657. The zero-order valence-corrected chi connectivity index (χ0v) is 10.5. The highest BCUT2D eigenvalue weighted by atomic mass is 127. The minimum absolute atomic E-state index is 0.0504. The maximum absolute atomic E-state index is 12.8. The molecule has 0 radical (unpaired) electrons. The van der Waals surface area contributed by atoms with Crippen molar-refractivity contribution in [1.82, 2.24) is 5.32 Å². The Morgan fingerprint density at radius 3 is 2.80 bits per heavy atom. The van der Waals surface area contributed by atoms with Crippen molar-refractivity contribution >= 4 is 34.2 Å². The molecule has 2 N–H and O–H groups in total. The molecule has 1 aromatic carbocycles. The van der Waals surface area contributed by atoms with Crippen LogP contribution < -0.4 is 10.6 Å². The molecule has 0 fully saturated rings. The number of anilines is 1. The van der Waals surface area contributed by atoms with E-state index in [1.165, 1.54) is 19.1 Å². The van der Waals surface area contributed by atoms with E-state index in [0.29, 0.717) is 13.1 Å². The van der Waals surface area contributed by atoms with Crippen LogP contribution >= 0.6 is 22.6 Å². The van der Waals surface area contributed by atoms with Crippen LogP contribution in [0.4, 0.5) is 10.1 Å². The van der Waals surface area contributed by atoms with Gasteiger partial charge in [0.1, 0.15) is 5.82 Å². The predicted octanol–water partition coefficient (Wildman–Crippen LogP) is 1.98. The van der Waals surface area contributed by atoms with Crippen LogP contribution in [0.1, 0.15) is 6.92 Å². The van der Waals surface area contributed by atoms with E-state index >= 15 is 0 Å². The summed E-state index contributed by atoms with van der Waals surface area (Å²) in [6, 6.07) is 4.55. The molecule has 0 spiro atoms. The van der Waals surface area contributed by atoms with Crippen LogP contribution in [-0.2, 0) is 4.79 Å². The highest BCUT2D eigenvalue weighted by Gasteiger charge is 2.00. The van der Waals surface area contributed by atoms with E-state index < -0.39 is 0 Å². The van der Waals surface area contributed by atoms with Gasteiger partial charge in [0.15, 0.2) is 0 Å². The van der Waals surface area contributed by atoms with Gasteiger partial charge in [-0.1, -0.05) is 0 Å². The van der Waals surface area contributed by atoms with Gasteiger partial charge in [0.05, 0.1) is 0 Å². The van der Waals surface area contributed by atoms with Crippen molar-refractivity contribution in [2.24, 2.45) is 0 Å². The van der Waals surface area contributed by atoms with E-state index in [2.05, 4.69) is 33.2 Å². The fourth-order valence-electron chi connectivity index (χ4n) is 1.07. The molecule has 0 unspecified atom stereocenters. The van der Waals surface area contributed by atoms with Crippen LogP contribution in [-0.4, -0.2) is 19.0 Å². The van der Waals surface area contributed by atoms with E-state index in [1.54, 1.807) is 6.07 Å². The topological polar surface area (TPSA) is 41.1 Å². The second-order valence-electron chi connectivity index (χ2n) is 3.03. The van der Waals surface area contributed by atoms with E-state index in [4.69, 9.17) is 0 Å². The average Bonchev–Trinajstić information content (AvgIpc) is 2.14. The second kappa shape index (κ2) is 5.89. The molecular weight excluding hydrogens is 310 g/mol. The van der Waals surface area contributed by atoms with Crippen molar-refractivity contribution in [1.29, 1.82) is 0 Å². The predicted molar refractivity (Wildman–Crippen MR) is 66.3 cm³/mol. The monoisotopic (exact) mass is 322 g/mol. The summed E-state index contributed by atoms with van der Waals surface area (Å²) in [4.78, 5) is 10.6. The molecule has 0 atom stereocenters. The Kier molecular flexibility index (Phi) is 4.80. The third-order valence-electron chi connectivity index (χ3n) is 1.75. The van der Waals surface area contributed by atoms with Crippen molar-refractivity contribution in [3.8, 4) is 0 Å². The normalized spacial score (nSPS) is 9.80. The molecular formula is C10H12FIN2O. The van der Waals surface area contributed by atoms with E-state index in [9.17, 15) is 9.18 Å². The summed E-state index contributed by atoms with van der Waals surface area (Å²) in [6.45, 7) is 2.66. The van der Waals surface area contributed by atoms with Gasteiger partial charge in [0, 0.05) is 29.3 Å². The second-order valence-corrected chi connectivity index (χ2v) is 4.20. The van der Waals surface area contributed by atoms with Crippen LogP contribution in [0.2, 0.25) is 0 Å². The van der Waals surface area contributed by atoms with Gasteiger partial charge in [-0.15, -0.1) is 0 Å². The van der Waals surface area contributed by atoms with Crippen molar-refractivity contribution < 1.29 is 9.18 Å². The summed E-state index contributed by atoms with van der Waals surface area (Å²) < 4.78 is 13.6. The molecule has 5 heteroatoms. The lowest BCUT2D eigenvalue weighted by atomic mass is 10.3. The zero-order valence-electron chi connectivity index (χ0n) is 8.31. The number of hydrogen-bond acceptors (Lipinski definition) is 2. The van der Waals surface area contributed by atoms with Gasteiger partial charge in [-0.3, -0.25) is 4.79 Å². The summed E-state index contributed by atoms with van der Waals surface area (Å²) in [7, 11) is 0. The Bertz CT molecular complexity index is 357. The van der Waals surface area contributed by atoms with E-state index in [0.717, 1.165) is 9.26 Å². The highest BCUT2D eigenvalue weighted by Crippen LogP contribution is 2.18. The minimum atomic E-state index is -0.244. The molecule has 1 amide bonds. The van der Waals surface area contributed by atoms with Crippen molar-refractivity contribution in [3.63, 3.8) is 0 Å². The highest BCUT2D eigenvalue weighted by molar-refractivity contribution is 14.1. The Labute approximate surface area is 102 Å². The van der Waals surface area contributed by atoms with Crippen molar-refractivity contribution in [2.75, 3.05) is 18.4 Å². The van der Waals surface area contributed by atoms with Gasteiger partial charge in [-0.25, -0.2) is 4.39 Å². The van der Waals surface area contributed by atoms with Gasteiger partial charge in [0.25, 0.3) is 0 Å². The fraction of sp³-hybridized carbons (Fsp3) is 0.300. The largest absolute Gasteiger partial charge is 0.382 e. The maximum Gasteiger partial charge on any atom is 0.216 e. The SMILES string of the molecule is CC(=O)NCCNc1ccc(F)cc1I. The number of nitrogens with one attached hydrogen (secondary N) is 2. The number of amides is 1. The fourth-order valence-corrected chi connectivity index (χ4v) is 1.74. The lowest BCUT2D eigenvalue weighted by Crippen LogP contribution is -2.26. The summed E-state index contributed by atoms with van der Waals surface area (Å²) in [6.07, 6.45) is 0. The number of carbonyl (C=O) groups excluding carboxylic acids is 1. The molecule has 0 bridgehead atoms. The Morgan fingerprint density at radius 1 is 1.47 bits per heavy atom. The molecule has 82 valence electrons. The first kappa shape index (κ1) is 12.2. The van der Waals surface area contributed by atoms with Gasteiger partial charge < -0.3 is 10.6 Å². The van der Waals surface area contributed by atoms with Crippen molar-refractivity contribution in [3.05, 3.63) is 27.6 Å². The minimum Gasteiger partial charge on any atom is -0.382 e. The zero-order chi connectivity index (χ0) is 11.3. The average molecular weight is 322 g/mol. The maximum atomic E-state index is 12.8. The molecule has 0 aliphatic heterocycles. The van der Waals surface area contributed by atoms with Crippen LogP contribution in [0.25, 0.3) is 0 Å². The van der Waals surface area contributed by atoms with Crippen LogP contribution in [0, 0.1) is 9.39 Å². The Morgan fingerprint density at radius 2 is 2.20 bits per heavy atom. The molecule has 0 saturated carbocycles. The van der Waals surface area contributed by atoms with Crippen molar-refractivity contribution in [2.45, 2.75) is 6.92 Å². The van der Waals surface area contributed by atoms with Gasteiger partial charge in [-0.05, 0) is 40.8 Å². The molecule has 1 aromatic rings. The van der Waals surface area contributed by atoms with Crippen LogP contribution in [0.3, 0.4) is 0 Å². The number of hydrogen-bond donors (Lipinski definition) is 2. The van der Waals surface area contributed by atoms with Crippen LogP contribution in [0.15, 0.2) is 18.2 Å². The summed E-state index contributed by atoms with van der Waals surface area (Å²) in [5, 5.41) is 5.78. The summed E-state index contributed by atoms with van der Waals surface area (Å²) in [5.41, 5.74) is 0.877. The first-order valence-electron chi connectivity index (χ1n) is 4.53.